The molecule has 2 rings (SSSR count). The van der Waals surface area contributed by atoms with E-state index in [1.165, 1.54) is 24.3 Å². The molecule has 0 spiro atoms. The Labute approximate surface area is 156 Å². The van der Waals surface area contributed by atoms with Gasteiger partial charge in [-0.3, -0.25) is 9.78 Å². The zero-order valence-electron chi connectivity index (χ0n) is 12.9. The first-order valence-electron chi connectivity index (χ1n) is 7.12. The number of carbonyl (C=O) groups excluding carboxylic acids is 1. The highest BCUT2D eigenvalue weighted by molar-refractivity contribution is 14.0. The van der Waals surface area contributed by atoms with Crippen LogP contribution in [0.4, 0.5) is 10.1 Å². The Hall–Kier alpha value is -2.23. The number of anilines is 1. The highest BCUT2D eigenvalue weighted by atomic mass is 127. The van der Waals surface area contributed by atoms with Crippen molar-refractivity contribution in [2.75, 3.05) is 18.4 Å². The third kappa shape index (κ3) is 7.36. The molecule has 1 aromatic heterocycles. The largest absolute Gasteiger partial charge is 0.370 e. The van der Waals surface area contributed by atoms with E-state index in [0.29, 0.717) is 18.7 Å². The molecule has 0 aliphatic carbocycles. The third-order valence-electron chi connectivity index (χ3n) is 2.93. The van der Waals surface area contributed by atoms with Gasteiger partial charge in [-0.2, -0.15) is 0 Å². The molecule has 0 aliphatic heterocycles. The van der Waals surface area contributed by atoms with Gasteiger partial charge in [-0.05, 0) is 36.4 Å². The van der Waals surface area contributed by atoms with Gasteiger partial charge in [0.15, 0.2) is 5.96 Å². The second-order valence-electron chi connectivity index (χ2n) is 4.75. The summed E-state index contributed by atoms with van der Waals surface area (Å²) in [5, 5.41) is 5.52. The zero-order chi connectivity index (χ0) is 16.5. The Morgan fingerprint density at radius 3 is 2.62 bits per heavy atom. The summed E-state index contributed by atoms with van der Waals surface area (Å²) >= 11 is 0. The summed E-state index contributed by atoms with van der Waals surface area (Å²) in [6.07, 6.45) is 2.44. The van der Waals surface area contributed by atoms with Crippen LogP contribution in [0.1, 0.15) is 5.69 Å². The Balaban J connectivity index is 0.00000288. The van der Waals surface area contributed by atoms with Gasteiger partial charge in [0.2, 0.25) is 5.91 Å². The molecule has 1 aromatic carbocycles. The molecule has 0 aliphatic rings. The number of benzene rings is 1. The lowest BCUT2D eigenvalue weighted by atomic mass is 10.3. The van der Waals surface area contributed by atoms with Crippen LogP contribution in [0, 0.1) is 5.82 Å². The SMILES string of the molecule is I.NC(=NCC(=O)Nc1ccc(F)cc1)NCCc1ccccn1. The van der Waals surface area contributed by atoms with Crippen molar-refractivity contribution in [1.29, 1.82) is 0 Å². The number of amides is 1. The molecule has 0 radical (unpaired) electrons. The van der Waals surface area contributed by atoms with Crippen molar-refractivity contribution in [1.82, 2.24) is 10.3 Å². The van der Waals surface area contributed by atoms with Gasteiger partial charge in [0.25, 0.3) is 0 Å². The van der Waals surface area contributed by atoms with E-state index in [9.17, 15) is 9.18 Å². The quantitative estimate of drug-likeness (QED) is 0.362. The number of guanidine groups is 1. The summed E-state index contributed by atoms with van der Waals surface area (Å²) in [6.45, 7) is 0.464. The van der Waals surface area contributed by atoms with Crippen LogP contribution < -0.4 is 16.4 Å². The van der Waals surface area contributed by atoms with Gasteiger partial charge in [0.1, 0.15) is 12.4 Å². The van der Waals surface area contributed by atoms with Crippen molar-refractivity contribution in [2.45, 2.75) is 6.42 Å². The smallest absolute Gasteiger partial charge is 0.246 e. The number of halogens is 2. The topological polar surface area (TPSA) is 92.4 Å². The first-order valence-corrected chi connectivity index (χ1v) is 7.12. The number of hydrogen-bond acceptors (Lipinski definition) is 3. The molecule has 1 heterocycles. The molecule has 0 saturated heterocycles. The standard InChI is InChI=1S/C16H18FN5O.HI/c17-12-4-6-14(7-5-12)22-15(23)11-21-16(18)20-10-8-13-3-1-2-9-19-13;/h1-7,9H,8,10-11H2,(H,22,23)(H3,18,20,21);1H. The number of pyridine rings is 1. The number of nitrogens with one attached hydrogen (secondary N) is 2. The van der Waals surface area contributed by atoms with E-state index >= 15 is 0 Å². The van der Waals surface area contributed by atoms with E-state index < -0.39 is 0 Å². The maximum atomic E-state index is 12.8. The molecule has 0 unspecified atom stereocenters. The van der Waals surface area contributed by atoms with Crippen molar-refractivity contribution in [3.05, 3.63) is 60.2 Å². The predicted molar refractivity (Wildman–Crippen MR) is 103 cm³/mol. The fourth-order valence-electron chi connectivity index (χ4n) is 1.81. The fraction of sp³-hybridized carbons (Fsp3) is 0.188. The van der Waals surface area contributed by atoms with Crippen molar-refractivity contribution < 1.29 is 9.18 Å². The highest BCUT2D eigenvalue weighted by Gasteiger charge is 2.02. The molecule has 2 aromatic rings. The molecule has 6 nitrogen and oxygen atoms in total. The summed E-state index contributed by atoms with van der Waals surface area (Å²) in [6, 6.07) is 11.2. The maximum absolute atomic E-state index is 12.8. The predicted octanol–water partition coefficient (Wildman–Crippen LogP) is 1.92. The van der Waals surface area contributed by atoms with Gasteiger partial charge in [-0.25, -0.2) is 9.38 Å². The zero-order valence-corrected chi connectivity index (χ0v) is 15.2. The summed E-state index contributed by atoms with van der Waals surface area (Å²) < 4.78 is 12.8. The first-order chi connectivity index (χ1) is 11.1. The molecule has 0 bridgehead atoms. The molecule has 24 heavy (non-hydrogen) atoms. The van der Waals surface area contributed by atoms with Crippen LogP contribution in [-0.2, 0) is 11.2 Å². The van der Waals surface area contributed by atoms with E-state index in [-0.39, 0.29) is 48.2 Å². The molecular formula is C16H19FIN5O. The van der Waals surface area contributed by atoms with E-state index in [1.54, 1.807) is 6.20 Å². The third-order valence-corrected chi connectivity index (χ3v) is 2.93. The van der Waals surface area contributed by atoms with Crippen molar-refractivity contribution in [2.24, 2.45) is 10.7 Å². The highest BCUT2D eigenvalue weighted by Crippen LogP contribution is 2.07. The number of rotatable bonds is 6. The number of aromatic nitrogens is 1. The number of nitrogens with zero attached hydrogens (tertiary/aromatic N) is 2. The van der Waals surface area contributed by atoms with Gasteiger partial charge in [-0.15, -0.1) is 24.0 Å². The minimum absolute atomic E-state index is 0. The normalized spacial score (nSPS) is 10.6. The van der Waals surface area contributed by atoms with Crippen molar-refractivity contribution in [3.63, 3.8) is 0 Å². The van der Waals surface area contributed by atoms with Crippen LogP contribution in [0.3, 0.4) is 0 Å². The lowest BCUT2D eigenvalue weighted by Crippen LogP contribution is -2.34. The molecule has 0 atom stereocenters. The van der Waals surface area contributed by atoms with Crippen molar-refractivity contribution in [3.8, 4) is 0 Å². The monoisotopic (exact) mass is 443 g/mol. The van der Waals surface area contributed by atoms with Crippen LogP contribution in [0.2, 0.25) is 0 Å². The van der Waals surface area contributed by atoms with Gasteiger partial charge in [-0.1, -0.05) is 6.07 Å². The number of hydrogen-bond donors (Lipinski definition) is 3. The lowest BCUT2D eigenvalue weighted by molar-refractivity contribution is -0.114. The van der Waals surface area contributed by atoms with Crippen LogP contribution in [0.15, 0.2) is 53.7 Å². The minimum atomic E-state index is -0.359. The second-order valence-corrected chi connectivity index (χ2v) is 4.75. The Morgan fingerprint density at radius 2 is 1.96 bits per heavy atom. The van der Waals surface area contributed by atoms with Gasteiger partial charge < -0.3 is 16.4 Å². The molecule has 8 heteroatoms. The summed E-state index contributed by atoms with van der Waals surface area (Å²) in [5.41, 5.74) is 7.14. The maximum Gasteiger partial charge on any atom is 0.246 e. The van der Waals surface area contributed by atoms with Gasteiger partial charge >= 0.3 is 0 Å². The molecule has 0 saturated carbocycles. The average molecular weight is 443 g/mol. The average Bonchev–Trinajstić information content (AvgIpc) is 2.56. The van der Waals surface area contributed by atoms with Crippen molar-refractivity contribution >= 4 is 41.5 Å². The van der Waals surface area contributed by atoms with E-state index in [4.69, 9.17) is 5.73 Å². The van der Waals surface area contributed by atoms with Gasteiger partial charge in [0, 0.05) is 30.5 Å². The molecule has 4 N–H and O–H groups in total. The Morgan fingerprint density at radius 1 is 1.21 bits per heavy atom. The van der Waals surface area contributed by atoms with Crippen LogP contribution in [0.25, 0.3) is 0 Å². The number of carbonyl (C=O) groups is 1. The van der Waals surface area contributed by atoms with Gasteiger partial charge in [0.05, 0.1) is 0 Å². The molecular weight excluding hydrogens is 424 g/mol. The van der Waals surface area contributed by atoms with E-state index in [0.717, 1.165) is 5.69 Å². The Bertz CT molecular complexity index is 664. The summed E-state index contributed by atoms with van der Waals surface area (Å²) in [4.78, 5) is 19.8. The van der Waals surface area contributed by atoms with Crippen LogP contribution in [-0.4, -0.2) is 29.9 Å². The van der Waals surface area contributed by atoms with E-state index in [1.807, 2.05) is 18.2 Å². The fourth-order valence-corrected chi connectivity index (χ4v) is 1.81. The van der Waals surface area contributed by atoms with E-state index in [2.05, 4.69) is 20.6 Å². The lowest BCUT2D eigenvalue weighted by Gasteiger charge is -2.06. The first kappa shape index (κ1) is 19.8. The molecule has 128 valence electrons. The van der Waals surface area contributed by atoms with Crippen LogP contribution in [0.5, 0.6) is 0 Å². The second kappa shape index (κ2) is 10.5. The summed E-state index contributed by atoms with van der Waals surface area (Å²) in [7, 11) is 0. The summed E-state index contributed by atoms with van der Waals surface area (Å²) in [5.74, 6) is -0.497. The number of aliphatic imine (C=N–C) groups is 1. The number of nitrogens with two attached hydrogens (primary N) is 1. The van der Waals surface area contributed by atoms with Crippen LogP contribution >= 0.6 is 24.0 Å². The minimum Gasteiger partial charge on any atom is -0.370 e. The molecule has 0 fully saturated rings. The molecule has 1 amide bonds. The Kier molecular flexibility index (Phi) is 8.69.